The summed E-state index contributed by atoms with van der Waals surface area (Å²) in [7, 11) is 1.49. The maximum atomic E-state index is 13.4. The molecule has 3 heterocycles. The summed E-state index contributed by atoms with van der Waals surface area (Å²) in [5, 5.41) is 5.91. The SMILES string of the molecule is COc1ccc2cc1OCC(=O)NCc1ccc(cc1)O[C@@H]1CCN(C(=O)CCc3ccccc3)C[C@@H]1NC2=O. The van der Waals surface area contributed by atoms with E-state index in [0.717, 1.165) is 11.1 Å². The Morgan fingerprint density at radius 3 is 2.62 bits per heavy atom. The van der Waals surface area contributed by atoms with Crippen LogP contribution in [0.1, 0.15) is 34.3 Å². The number of aryl methyl sites for hydroxylation is 1. The van der Waals surface area contributed by atoms with Gasteiger partial charge < -0.3 is 29.7 Å². The van der Waals surface area contributed by atoms with Crippen LogP contribution in [0.4, 0.5) is 0 Å². The van der Waals surface area contributed by atoms with Crippen molar-refractivity contribution in [3.8, 4) is 17.2 Å². The highest BCUT2D eigenvalue weighted by Gasteiger charge is 2.34. The van der Waals surface area contributed by atoms with Gasteiger partial charge in [-0.15, -0.1) is 0 Å². The van der Waals surface area contributed by atoms with Gasteiger partial charge in [0.2, 0.25) is 5.91 Å². The Balaban J connectivity index is 1.37. The van der Waals surface area contributed by atoms with Gasteiger partial charge >= 0.3 is 0 Å². The molecule has 0 radical (unpaired) electrons. The molecule has 1 fully saturated rings. The van der Waals surface area contributed by atoms with Gasteiger partial charge in [-0.1, -0.05) is 42.5 Å². The van der Waals surface area contributed by atoms with E-state index < -0.39 is 6.04 Å². The molecule has 3 aliphatic heterocycles. The fraction of sp³-hybridized carbons (Fsp3) is 0.323. The van der Waals surface area contributed by atoms with Crippen LogP contribution < -0.4 is 24.8 Å². The largest absolute Gasteiger partial charge is 0.493 e. The highest BCUT2D eigenvalue weighted by molar-refractivity contribution is 5.95. The Bertz CT molecular complexity index is 1340. The van der Waals surface area contributed by atoms with Crippen LogP contribution in [0.5, 0.6) is 17.2 Å². The van der Waals surface area contributed by atoms with Crippen LogP contribution in [-0.4, -0.2) is 61.6 Å². The molecular formula is C31H33N3O6. The third-order valence-electron chi connectivity index (χ3n) is 7.17. The minimum Gasteiger partial charge on any atom is -0.493 e. The van der Waals surface area contributed by atoms with E-state index >= 15 is 0 Å². The minimum absolute atomic E-state index is 0.0431. The molecule has 3 aliphatic rings. The number of carbonyl (C=O) groups is 3. The number of fused-ring (bicyclic) bond motifs is 7. The molecule has 3 aromatic rings. The number of hydrogen-bond acceptors (Lipinski definition) is 6. The molecule has 0 aliphatic carbocycles. The van der Waals surface area contributed by atoms with Gasteiger partial charge in [0.25, 0.3) is 11.8 Å². The number of carbonyl (C=O) groups excluding carboxylic acids is 3. The van der Waals surface area contributed by atoms with Crippen LogP contribution in [0.3, 0.4) is 0 Å². The highest BCUT2D eigenvalue weighted by atomic mass is 16.5. The number of hydrogen-bond donors (Lipinski definition) is 2. The number of nitrogens with one attached hydrogen (secondary N) is 2. The summed E-state index contributed by atoms with van der Waals surface area (Å²) in [6.45, 7) is 0.981. The van der Waals surface area contributed by atoms with Crippen LogP contribution >= 0.6 is 0 Å². The average molecular weight is 544 g/mol. The van der Waals surface area contributed by atoms with Gasteiger partial charge in [-0.05, 0) is 47.9 Å². The summed E-state index contributed by atoms with van der Waals surface area (Å²) in [6, 6.07) is 21.8. The van der Waals surface area contributed by atoms with Crippen molar-refractivity contribution in [3.63, 3.8) is 0 Å². The Morgan fingerprint density at radius 2 is 1.85 bits per heavy atom. The second-order valence-corrected chi connectivity index (χ2v) is 9.93. The maximum absolute atomic E-state index is 13.4. The molecule has 0 saturated carbocycles. The van der Waals surface area contributed by atoms with E-state index in [1.165, 1.54) is 7.11 Å². The molecule has 9 nitrogen and oxygen atoms in total. The van der Waals surface area contributed by atoms with Crippen LogP contribution in [0, 0.1) is 0 Å². The quantitative estimate of drug-likeness (QED) is 0.524. The molecule has 0 aromatic heterocycles. The second-order valence-electron chi connectivity index (χ2n) is 9.93. The van der Waals surface area contributed by atoms with E-state index in [1.54, 1.807) is 23.1 Å². The molecule has 3 aromatic carbocycles. The Labute approximate surface area is 233 Å². The average Bonchev–Trinajstić information content (AvgIpc) is 2.99. The maximum Gasteiger partial charge on any atom is 0.258 e. The zero-order valence-corrected chi connectivity index (χ0v) is 22.4. The van der Waals surface area contributed by atoms with E-state index in [2.05, 4.69) is 10.6 Å². The van der Waals surface area contributed by atoms with Crippen molar-refractivity contribution >= 4 is 17.7 Å². The van der Waals surface area contributed by atoms with Crippen molar-refractivity contribution in [1.82, 2.24) is 15.5 Å². The topological polar surface area (TPSA) is 106 Å². The number of methoxy groups -OCH3 is 1. The van der Waals surface area contributed by atoms with Crippen molar-refractivity contribution in [1.29, 1.82) is 0 Å². The van der Waals surface area contributed by atoms with Gasteiger partial charge in [0.15, 0.2) is 18.1 Å². The first-order valence-electron chi connectivity index (χ1n) is 13.4. The van der Waals surface area contributed by atoms with Crippen LogP contribution in [0.25, 0.3) is 0 Å². The summed E-state index contributed by atoms with van der Waals surface area (Å²) in [4.78, 5) is 40.7. The normalized spacial score (nSPS) is 19.3. The van der Waals surface area contributed by atoms with E-state index in [-0.39, 0.29) is 36.2 Å². The Hall–Kier alpha value is -4.53. The van der Waals surface area contributed by atoms with Gasteiger partial charge in [0.05, 0.1) is 13.2 Å². The van der Waals surface area contributed by atoms with Gasteiger partial charge in [-0.3, -0.25) is 14.4 Å². The number of benzene rings is 3. The van der Waals surface area contributed by atoms with Gasteiger partial charge in [-0.25, -0.2) is 0 Å². The van der Waals surface area contributed by atoms with Gasteiger partial charge in [0, 0.05) is 38.0 Å². The first kappa shape index (κ1) is 27.1. The van der Waals surface area contributed by atoms with Crippen LogP contribution in [0.2, 0.25) is 0 Å². The standard InChI is InChI=1S/C31H33N3O6/c1-38-27-13-10-23-17-28(27)39-20-29(35)32-18-22-7-11-24(12-8-22)40-26-15-16-34(19-25(26)33-31(23)37)30(36)14-9-21-5-3-2-4-6-21/h2-8,10-13,17,25-26H,9,14-16,18-20H2,1H3,(H,32,35)(H,33,37)/t25-,26+/m0/s1. The minimum atomic E-state index is -0.438. The highest BCUT2D eigenvalue weighted by Crippen LogP contribution is 2.29. The summed E-state index contributed by atoms with van der Waals surface area (Å²) in [5.74, 6) is 0.752. The summed E-state index contributed by atoms with van der Waals surface area (Å²) < 4.78 is 17.4. The van der Waals surface area contributed by atoms with Crippen molar-refractivity contribution in [2.24, 2.45) is 0 Å². The van der Waals surface area contributed by atoms with Crippen molar-refractivity contribution < 1.29 is 28.6 Å². The predicted molar refractivity (Wildman–Crippen MR) is 148 cm³/mol. The third kappa shape index (κ3) is 6.72. The number of rotatable bonds is 4. The molecular weight excluding hydrogens is 510 g/mol. The van der Waals surface area contributed by atoms with Crippen molar-refractivity contribution in [3.05, 3.63) is 89.5 Å². The molecule has 0 unspecified atom stereocenters. The lowest BCUT2D eigenvalue weighted by molar-refractivity contribution is -0.133. The van der Waals surface area contributed by atoms with Gasteiger partial charge in [-0.2, -0.15) is 0 Å². The molecule has 2 N–H and O–H groups in total. The first-order valence-corrected chi connectivity index (χ1v) is 13.4. The number of piperidine rings is 1. The zero-order chi connectivity index (χ0) is 27.9. The van der Waals surface area contributed by atoms with Crippen LogP contribution in [-0.2, 0) is 22.6 Å². The van der Waals surface area contributed by atoms with E-state index in [0.29, 0.717) is 56.0 Å². The van der Waals surface area contributed by atoms with Crippen LogP contribution in [0.15, 0.2) is 72.8 Å². The van der Waals surface area contributed by atoms with Crippen molar-refractivity contribution in [2.45, 2.75) is 38.0 Å². The molecule has 6 rings (SSSR count). The lowest BCUT2D eigenvalue weighted by atomic mass is 10.00. The molecule has 3 amide bonds. The molecule has 0 spiro atoms. The Kier molecular flexibility index (Phi) is 8.49. The Morgan fingerprint density at radius 1 is 1.05 bits per heavy atom. The molecule has 4 bridgehead atoms. The summed E-state index contributed by atoms with van der Waals surface area (Å²) in [6.07, 6.45) is 1.28. The molecule has 40 heavy (non-hydrogen) atoms. The molecule has 208 valence electrons. The molecule has 9 heteroatoms. The summed E-state index contributed by atoms with van der Waals surface area (Å²) in [5.41, 5.74) is 2.37. The first-order chi connectivity index (χ1) is 19.5. The molecule has 1 saturated heterocycles. The van der Waals surface area contributed by atoms with E-state index in [9.17, 15) is 14.4 Å². The number of likely N-dealkylation sites (tertiary alicyclic amines) is 1. The monoisotopic (exact) mass is 543 g/mol. The number of nitrogens with zero attached hydrogens (tertiary/aromatic N) is 1. The second kappa shape index (κ2) is 12.5. The lowest BCUT2D eigenvalue weighted by Crippen LogP contribution is -2.58. The zero-order valence-electron chi connectivity index (χ0n) is 22.4. The van der Waals surface area contributed by atoms with E-state index in [1.807, 2.05) is 54.6 Å². The smallest absolute Gasteiger partial charge is 0.258 e. The number of amides is 3. The van der Waals surface area contributed by atoms with E-state index in [4.69, 9.17) is 14.2 Å². The predicted octanol–water partition coefficient (Wildman–Crippen LogP) is 3.11. The third-order valence-corrected chi connectivity index (χ3v) is 7.17. The molecule has 2 atom stereocenters. The lowest BCUT2D eigenvalue weighted by Gasteiger charge is -2.39. The fourth-order valence-corrected chi connectivity index (χ4v) is 4.93. The van der Waals surface area contributed by atoms with Crippen molar-refractivity contribution in [2.75, 3.05) is 26.8 Å². The summed E-state index contributed by atoms with van der Waals surface area (Å²) >= 11 is 0. The number of ether oxygens (including phenoxy) is 3. The van der Waals surface area contributed by atoms with Gasteiger partial charge in [0.1, 0.15) is 11.9 Å². The fourth-order valence-electron chi connectivity index (χ4n) is 4.93.